The Morgan fingerprint density at radius 3 is 2.33 bits per heavy atom. The van der Waals surface area contributed by atoms with Crippen molar-refractivity contribution in [3.8, 4) is 0 Å². The number of hydrogen-bond donors (Lipinski definition) is 0. The SMILES string of the molecule is C=C=CC(=O)C(C)(C)Br. The lowest BCUT2D eigenvalue weighted by molar-refractivity contribution is -0.115. The number of ketones is 1. The zero-order valence-corrected chi connectivity index (χ0v) is 7.16. The number of carbonyl (C=O) groups is 1. The minimum Gasteiger partial charge on any atom is -0.293 e. The molecule has 1 nitrogen and oxygen atoms in total. The van der Waals surface area contributed by atoms with Crippen LogP contribution in [0.25, 0.3) is 0 Å². The fourth-order valence-corrected chi connectivity index (χ4v) is 0.379. The Kier molecular flexibility index (Phi) is 2.89. The van der Waals surface area contributed by atoms with E-state index in [1.54, 1.807) is 13.8 Å². The van der Waals surface area contributed by atoms with Crippen LogP contribution in [0.3, 0.4) is 0 Å². The third kappa shape index (κ3) is 3.28. The fraction of sp³-hybridized carbons (Fsp3) is 0.429. The predicted molar refractivity (Wildman–Crippen MR) is 41.7 cm³/mol. The summed E-state index contributed by atoms with van der Waals surface area (Å²) in [5, 5.41) is 0. The van der Waals surface area contributed by atoms with Crippen LogP contribution >= 0.6 is 15.9 Å². The molecule has 9 heavy (non-hydrogen) atoms. The molecular weight excluding hydrogens is 180 g/mol. The molecule has 0 aromatic carbocycles. The van der Waals surface area contributed by atoms with Gasteiger partial charge in [-0.05, 0) is 13.8 Å². The average Bonchev–Trinajstić information content (AvgIpc) is 1.64. The molecule has 0 aromatic rings. The van der Waals surface area contributed by atoms with Crippen molar-refractivity contribution in [2.45, 2.75) is 18.2 Å². The normalized spacial score (nSPS) is 10.1. The van der Waals surface area contributed by atoms with Crippen molar-refractivity contribution in [2.24, 2.45) is 0 Å². The van der Waals surface area contributed by atoms with E-state index in [1.165, 1.54) is 6.08 Å². The van der Waals surface area contributed by atoms with Crippen LogP contribution in [0.1, 0.15) is 13.8 Å². The Morgan fingerprint density at radius 1 is 1.78 bits per heavy atom. The van der Waals surface area contributed by atoms with Crippen LogP contribution in [0.4, 0.5) is 0 Å². The van der Waals surface area contributed by atoms with Gasteiger partial charge in [0.15, 0.2) is 5.78 Å². The molecule has 0 atom stereocenters. The van der Waals surface area contributed by atoms with E-state index in [2.05, 4.69) is 28.2 Å². The van der Waals surface area contributed by atoms with Gasteiger partial charge in [0.2, 0.25) is 0 Å². The van der Waals surface area contributed by atoms with Gasteiger partial charge in [-0.15, -0.1) is 5.73 Å². The minimum atomic E-state index is -0.475. The highest BCUT2D eigenvalue weighted by atomic mass is 79.9. The third-order valence-electron chi connectivity index (χ3n) is 0.819. The first-order valence-corrected chi connectivity index (χ1v) is 3.37. The van der Waals surface area contributed by atoms with Gasteiger partial charge in [-0.2, -0.15) is 0 Å². The molecule has 50 valence electrons. The summed E-state index contributed by atoms with van der Waals surface area (Å²) in [5.41, 5.74) is 2.42. The van der Waals surface area contributed by atoms with E-state index in [1.807, 2.05) is 0 Å². The summed E-state index contributed by atoms with van der Waals surface area (Å²) in [6.45, 7) is 6.85. The highest BCUT2D eigenvalue weighted by molar-refractivity contribution is 9.10. The quantitative estimate of drug-likeness (QED) is 0.369. The second-order valence-corrected chi connectivity index (χ2v) is 4.17. The van der Waals surface area contributed by atoms with Crippen LogP contribution < -0.4 is 0 Å². The Morgan fingerprint density at radius 2 is 2.22 bits per heavy atom. The highest BCUT2D eigenvalue weighted by Gasteiger charge is 2.20. The van der Waals surface area contributed by atoms with Gasteiger partial charge in [0, 0.05) is 6.08 Å². The molecule has 0 fully saturated rings. The summed E-state index contributed by atoms with van der Waals surface area (Å²) < 4.78 is -0.475. The Hall–Kier alpha value is -0.330. The monoisotopic (exact) mass is 188 g/mol. The maximum absolute atomic E-state index is 10.9. The van der Waals surface area contributed by atoms with Gasteiger partial charge < -0.3 is 0 Å². The summed E-state index contributed by atoms with van der Waals surface area (Å²) in [7, 11) is 0. The van der Waals surface area contributed by atoms with E-state index < -0.39 is 4.32 Å². The van der Waals surface area contributed by atoms with Gasteiger partial charge in [0.25, 0.3) is 0 Å². The van der Waals surface area contributed by atoms with Crippen molar-refractivity contribution in [1.82, 2.24) is 0 Å². The molecule has 2 heteroatoms. The zero-order chi connectivity index (χ0) is 7.49. The molecule has 0 aliphatic rings. The van der Waals surface area contributed by atoms with E-state index in [9.17, 15) is 4.79 Å². The number of hydrogen-bond acceptors (Lipinski definition) is 1. The molecule has 0 aromatic heterocycles. The van der Waals surface area contributed by atoms with Crippen molar-refractivity contribution >= 4 is 21.7 Å². The third-order valence-corrected chi connectivity index (χ3v) is 1.21. The van der Waals surface area contributed by atoms with Gasteiger partial charge in [0.05, 0.1) is 4.32 Å². The van der Waals surface area contributed by atoms with Gasteiger partial charge in [-0.3, -0.25) is 4.79 Å². The summed E-state index contributed by atoms with van der Waals surface area (Å²) >= 11 is 3.20. The molecule has 0 saturated carbocycles. The highest BCUT2D eigenvalue weighted by Crippen LogP contribution is 2.16. The molecule has 0 aliphatic carbocycles. The smallest absolute Gasteiger partial charge is 0.179 e. The summed E-state index contributed by atoms with van der Waals surface area (Å²) in [4.78, 5) is 10.9. The molecule has 0 spiro atoms. The maximum Gasteiger partial charge on any atom is 0.179 e. The topological polar surface area (TPSA) is 17.1 Å². The Labute approximate surface area is 63.6 Å². The van der Waals surface area contributed by atoms with Crippen molar-refractivity contribution in [1.29, 1.82) is 0 Å². The molecule has 0 unspecified atom stereocenters. The van der Waals surface area contributed by atoms with Crippen LogP contribution in [0.5, 0.6) is 0 Å². The molecule has 0 heterocycles. The van der Waals surface area contributed by atoms with E-state index in [0.29, 0.717) is 0 Å². The lowest BCUT2D eigenvalue weighted by atomic mass is 10.1. The first-order chi connectivity index (χ1) is 3.98. The molecule has 0 rings (SSSR count). The average molecular weight is 189 g/mol. The summed E-state index contributed by atoms with van der Waals surface area (Å²) in [6.07, 6.45) is 1.33. The van der Waals surface area contributed by atoms with Crippen LogP contribution in [0.15, 0.2) is 18.4 Å². The van der Waals surface area contributed by atoms with Gasteiger partial charge in [-0.1, -0.05) is 22.5 Å². The van der Waals surface area contributed by atoms with Crippen LogP contribution in [-0.2, 0) is 4.79 Å². The lowest BCUT2D eigenvalue weighted by Crippen LogP contribution is -2.21. The summed E-state index contributed by atoms with van der Waals surface area (Å²) in [5.74, 6) is -0.0162. The molecule has 0 radical (unpaired) electrons. The van der Waals surface area contributed by atoms with Crippen molar-refractivity contribution < 1.29 is 4.79 Å². The maximum atomic E-state index is 10.9. The summed E-state index contributed by atoms with van der Waals surface area (Å²) in [6, 6.07) is 0. The number of rotatable bonds is 2. The fourth-order valence-electron chi connectivity index (χ4n) is 0.264. The van der Waals surface area contributed by atoms with Crippen molar-refractivity contribution in [3.05, 3.63) is 18.4 Å². The first-order valence-electron chi connectivity index (χ1n) is 2.57. The van der Waals surface area contributed by atoms with E-state index in [0.717, 1.165) is 0 Å². The number of halogens is 1. The van der Waals surface area contributed by atoms with Crippen LogP contribution in [-0.4, -0.2) is 10.1 Å². The van der Waals surface area contributed by atoms with Crippen LogP contribution in [0, 0.1) is 0 Å². The van der Waals surface area contributed by atoms with Gasteiger partial charge in [-0.25, -0.2) is 0 Å². The van der Waals surface area contributed by atoms with E-state index in [4.69, 9.17) is 0 Å². The minimum absolute atomic E-state index is 0.0162. The second-order valence-electron chi connectivity index (χ2n) is 2.19. The molecule has 0 amide bonds. The predicted octanol–water partition coefficient (Wildman–Crippen LogP) is 2.07. The molecule has 0 N–H and O–H groups in total. The second kappa shape index (κ2) is 3.00. The molecule has 0 saturated heterocycles. The van der Waals surface area contributed by atoms with Gasteiger partial charge in [0.1, 0.15) is 0 Å². The molecular formula is C7H9BrO. The molecule has 0 aliphatic heterocycles. The Balaban J connectivity index is 4.22. The standard InChI is InChI=1S/C7H9BrO/c1-4-5-6(9)7(2,3)8/h5H,1H2,2-3H3. The first kappa shape index (κ1) is 8.67. The number of alkyl halides is 1. The van der Waals surface area contributed by atoms with E-state index in [-0.39, 0.29) is 5.78 Å². The largest absolute Gasteiger partial charge is 0.293 e. The number of allylic oxidation sites excluding steroid dienone is 1. The number of carbonyl (C=O) groups excluding carboxylic acids is 1. The van der Waals surface area contributed by atoms with Gasteiger partial charge >= 0.3 is 0 Å². The molecule has 0 bridgehead atoms. The zero-order valence-electron chi connectivity index (χ0n) is 5.57. The van der Waals surface area contributed by atoms with Crippen molar-refractivity contribution in [3.63, 3.8) is 0 Å². The van der Waals surface area contributed by atoms with Crippen LogP contribution in [0.2, 0.25) is 0 Å². The lowest BCUT2D eigenvalue weighted by Gasteiger charge is -2.09. The van der Waals surface area contributed by atoms with E-state index >= 15 is 0 Å². The Bertz CT molecular complexity index is 158. The van der Waals surface area contributed by atoms with Crippen molar-refractivity contribution in [2.75, 3.05) is 0 Å².